The predicted octanol–water partition coefficient (Wildman–Crippen LogP) is 5.28. The van der Waals surface area contributed by atoms with Crippen LogP contribution in [0.1, 0.15) is 35.0 Å². The fourth-order valence-electron chi connectivity index (χ4n) is 2.46. The van der Waals surface area contributed by atoms with Crippen molar-refractivity contribution in [3.63, 3.8) is 0 Å². The number of carbonyl (C=O) groups excluding carboxylic acids is 1. The summed E-state index contributed by atoms with van der Waals surface area (Å²) in [6.07, 6.45) is 5.44. The molecular weight excluding hydrogens is 272 g/mol. The summed E-state index contributed by atoms with van der Waals surface area (Å²) in [5.74, 6) is 0.681. The highest BCUT2D eigenvalue weighted by atomic mass is 16.3. The number of allylic oxidation sites excluding steroid dienone is 1. The molecule has 0 aliphatic heterocycles. The Bertz CT molecular complexity index is 774. The van der Waals surface area contributed by atoms with Gasteiger partial charge in [0.05, 0.1) is 0 Å². The number of carbonyl (C=O) groups is 1. The Hall–Kier alpha value is -2.61. The maximum atomic E-state index is 12.2. The molecule has 3 rings (SSSR count). The lowest BCUT2D eigenvalue weighted by Crippen LogP contribution is -1.94. The molecule has 0 N–H and O–H groups in total. The highest BCUT2D eigenvalue weighted by Crippen LogP contribution is 2.20. The Morgan fingerprint density at radius 1 is 1.09 bits per heavy atom. The van der Waals surface area contributed by atoms with Gasteiger partial charge in [-0.2, -0.15) is 0 Å². The van der Waals surface area contributed by atoms with Crippen LogP contribution in [-0.2, 0) is 6.42 Å². The molecule has 1 aromatic heterocycles. The maximum Gasteiger partial charge on any atom is 0.185 e. The van der Waals surface area contributed by atoms with Crippen molar-refractivity contribution in [1.82, 2.24) is 0 Å². The van der Waals surface area contributed by atoms with Crippen LogP contribution in [0.4, 0.5) is 0 Å². The molecule has 0 fully saturated rings. The van der Waals surface area contributed by atoms with Gasteiger partial charge < -0.3 is 4.42 Å². The fraction of sp³-hybridized carbons (Fsp3) is 0.150. The first kappa shape index (κ1) is 14.3. The molecule has 2 aromatic carbocycles. The van der Waals surface area contributed by atoms with Crippen LogP contribution in [0.15, 0.2) is 65.1 Å². The molecule has 0 radical (unpaired) electrons. The topological polar surface area (TPSA) is 30.2 Å². The molecule has 1 heterocycles. The lowest BCUT2D eigenvalue weighted by molar-refractivity contribution is 0.104. The van der Waals surface area contributed by atoms with Crippen LogP contribution in [0.3, 0.4) is 0 Å². The molecule has 0 saturated carbocycles. The van der Waals surface area contributed by atoms with Gasteiger partial charge in [0.25, 0.3) is 0 Å². The predicted molar refractivity (Wildman–Crippen MR) is 90.0 cm³/mol. The van der Waals surface area contributed by atoms with Gasteiger partial charge in [0.1, 0.15) is 11.3 Å². The second-order valence-electron chi connectivity index (χ2n) is 5.33. The third-order valence-electron chi connectivity index (χ3n) is 3.62. The van der Waals surface area contributed by atoms with Crippen molar-refractivity contribution in [2.45, 2.75) is 19.8 Å². The van der Waals surface area contributed by atoms with Crippen LogP contribution in [0.25, 0.3) is 17.0 Å². The Morgan fingerprint density at radius 2 is 1.86 bits per heavy atom. The summed E-state index contributed by atoms with van der Waals surface area (Å²) in [5.41, 5.74) is 2.80. The van der Waals surface area contributed by atoms with E-state index in [0.29, 0.717) is 11.3 Å². The Balaban J connectivity index is 1.75. The van der Waals surface area contributed by atoms with Gasteiger partial charge in [0, 0.05) is 10.9 Å². The SMILES string of the molecule is CCCc1ccc(C(=O)/C=C/c2cc3ccccc3o2)cc1. The van der Waals surface area contributed by atoms with E-state index >= 15 is 0 Å². The number of hydrogen-bond acceptors (Lipinski definition) is 2. The number of para-hydroxylation sites is 1. The monoisotopic (exact) mass is 290 g/mol. The molecule has 110 valence electrons. The molecule has 3 aromatic rings. The zero-order valence-corrected chi connectivity index (χ0v) is 12.6. The first-order chi connectivity index (χ1) is 10.8. The number of furan rings is 1. The van der Waals surface area contributed by atoms with Crippen molar-refractivity contribution >= 4 is 22.8 Å². The normalized spacial score (nSPS) is 11.3. The minimum Gasteiger partial charge on any atom is -0.457 e. The quantitative estimate of drug-likeness (QED) is 0.472. The number of ketones is 1. The molecule has 22 heavy (non-hydrogen) atoms. The Morgan fingerprint density at radius 3 is 2.59 bits per heavy atom. The van der Waals surface area contributed by atoms with Crippen LogP contribution in [0, 0.1) is 0 Å². The van der Waals surface area contributed by atoms with E-state index in [1.165, 1.54) is 5.56 Å². The van der Waals surface area contributed by atoms with Gasteiger partial charge in [-0.15, -0.1) is 0 Å². The van der Waals surface area contributed by atoms with E-state index in [2.05, 4.69) is 6.92 Å². The van der Waals surface area contributed by atoms with E-state index in [1.54, 1.807) is 12.2 Å². The standard InChI is InChI=1S/C20H18O2/c1-2-5-15-8-10-16(11-9-15)19(21)13-12-18-14-17-6-3-4-7-20(17)22-18/h3-4,6-14H,2,5H2,1H3/b13-12+. The highest BCUT2D eigenvalue weighted by molar-refractivity contribution is 6.06. The second kappa shape index (κ2) is 6.44. The van der Waals surface area contributed by atoms with Crippen molar-refractivity contribution in [2.24, 2.45) is 0 Å². The number of rotatable bonds is 5. The Labute approximate surface area is 130 Å². The summed E-state index contributed by atoms with van der Waals surface area (Å²) in [6.45, 7) is 2.15. The molecule has 0 spiro atoms. The van der Waals surface area contributed by atoms with Crippen LogP contribution in [0.2, 0.25) is 0 Å². The summed E-state index contributed by atoms with van der Waals surface area (Å²) in [6, 6.07) is 17.6. The zero-order chi connectivity index (χ0) is 15.4. The summed E-state index contributed by atoms with van der Waals surface area (Å²) >= 11 is 0. The summed E-state index contributed by atoms with van der Waals surface area (Å²) in [4.78, 5) is 12.2. The molecule has 0 bridgehead atoms. The first-order valence-corrected chi connectivity index (χ1v) is 7.56. The summed E-state index contributed by atoms with van der Waals surface area (Å²) < 4.78 is 5.67. The van der Waals surface area contributed by atoms with Crippen LogP contribution >= 0.6 is 0 Å². The van der Waals surface area contributed by atoms with E-state index in [-0.39, 0.29) is 5.78 Å². The minimum absolute atomic E-state index is 0.0106. The van der Waals surface area contributed by atoms with Gasteiger partial charge in [-0.25, -0.2) is 0 Å². The number of benzene rings is 2. The van der Waals surface area contributed by atoms with Crippen molar-refractivity contribution in [3.8, 4) is 0 Å². The smallest absolute Gasteiger partial charge is 0.185 e. The average molecular weight is 290 g/mol. The second-order valence-corrected chi connectivity index (χ2v) is 5.33. The van der Waals surface area contributed by atoms with Crippen molar-refractivity contribution in [2.75, 3.05) is 0 Å². The van der Waals surface area contributed by atoms with Crippen LogP contribution in [0.5, 0.6) is 0 Å². The van der Waals surface area contributed by atoms with E-state index in [4.69, 9.17) is 4.42 Å². The van der Waals surface area contributed by atoms with Crippen molar-refractivity contribution in [3.05, 3.63) is 77.6 Å². The fourth-order valence-corrected chi connectivity index (χ4v) is 2.46. The van der Waals surface area contributed by atoms with Gasteiger partial charge in [-0.05, 0) is 36.3 Å². The summed E-state index contributed by atoms with van der Waals surface area (Å²) in [5, 5.41) is 1.04. The summed E-state index contributed by atoms with van der Waals surface area (Å²) in [7, 11) is 0. The molecule has 0 saturated heterocycles. The van der Waals surface area contributed by atoms with E-state index in [1.807, 2.05) is 54.6 Å². The van der Waals surface area contributed by atoms with E-state index < -0.39 is 0 Å². The molecule has 2 nitrogen and oxygen atoms in total. The zero-order valence-electron chi connectivity index (χ0n) is 12.6. The lowest BCUT2D eigenvalue weighted by Gasteiger charge is -1.99. The van der Waals surface area contributed by atoms with Gasteiger partial charge >= 0.3 is 0 Å². The third kappa shape index (κ3) is 3.17. The minimum atomic E-state index is -0.0106. The molecule has 0 aliphatic rings. The van der Waals surface area contributed by atoms with Crippen molar-refractivity contribution in [1.29, 1.82) is 0 Å². The molecule has 0 aliphatic carbocycles. The lowest BCUT2D eigenvalue weighted by atomic mass is 10.1. The highest BCUT2D eigenvalue weighted by Gasteiger charge is 2.03. The molecule has 0 amide bonds. The molecule has 0 atom stereocenters. The van der Waals surface area contributed by atoms with Gasteiger partial charge in [-0.3, -0.25) is 4.79 Å². The molecule has 2 heteroatoms. The Kier molecular flexibility index (Phi) is 4.19. The van der Waals surface area contributed by atoms with E-state index in [9.17, 15) is 4.79 Å². The maximum absolute atomic E-state index is 12.2. The van der Waals surface area contributed by atoms with Gasteiger partial charge in [-0.1, -0.05) is 55.8 Å². The number of hydrogen-bond donors (Lipinski definition) is 0. The number of fused-ring (bicyclic) bond motifs is 1. The molecular formula is C20H18O2. The molecule has 0 unspecified atom stereocenters. The van der Waals surface area contributed by atoms with E-state index in [0.717, 1.165) is 23.8 Å². The third-order valence-corrected chi connectivity index (χ3v) is 3.62. The van der Waals surface area contributed by atoms with Gasteiger partial charge in [0.2, 0.25) is 0 Å². The van der Waals surface area contributed by atoms with Crippen LogP contribution in [-0.4, -0.2) is 5.78 Å². The average Bonchev–Trinajstić information content (AvgIpc) is 2.96. The number of aryl methyl sites for hydroxylation is 1. The van der Waals surface area contributed by atoms with Crippen molar-refractivity contribution < 1.29 is 9.21 Å². The van der Waals surface area contributed by atoms with Gasteiger partial charge in [0.15, 0.2) is 5.78 Å². The largest absolute Gasteiger partial charge is 0.457 e. The first-order valence-electron chi connectivity index (χ1n) is 7.56. The van der Waals surface area contributed by atoms with Crippen LogP contribution < -0.4 is 0 Å².